The van der Waals surface area contributed by atoms with E-state index in [2.05, 4.69) is 15.3 Å². The van der Waals surface area contributed by atoms with Crippen LogP contribution in [-0.4, -0.2) is 36.5 Å². The molecule has 0 aliphatic rings. The third kappa shape index (κ3) is 4.70. The Balaban J connectivity index is 3.00. The van der Waals surface area contributed by atoms with E-state index in [0.717, 1.165) is 18.1 Å². The lowest BCUT2D eigenvalue weighted by Crippen LogP contribution is -2.27. The van der Waals surface area contributed by atoms with Crippen molar-refractivity contribution in [2.24, 2.45) is 0 Å². The van der Waals surface area contributed by atoms with Gasteiger partial charge in [0.2, 0.25) is 0 Å². The first-order valence-electron chi connectivity index (χ1n) is 6.51. The van der Waals surface area contributed by atoms with Gasteiger partial charge in [0.15, 0.2) is 0 Å². The molecule has 0 aliphatic carbocycles. The standard InChI is InChI=1S/C13H22F2N4/c1-5-16-6-10-11(19(4)8-12(14)15)7-17-13(18-10)9(2)3/h7,9,12,16H,5-6,8H2,1-4H3. The van der Waals surface area contributed by atoms with Crippen molar-refractivity contribution in [1.82, 2.24) is 15.3 Å². The third-order valence-corrected chi connectivity index (χ3v) is 2.75. The molecule has 1 aromatic heterocycles. The Morgan fingerprint density at radius 3 is 2.58 bits per heavy atom. The first kappa shape index (κ1) is 15.8. The van der Waals surface area contributed by atoms with E-state index >= 15 is 0 Å². The van der Waals surface area contributed by atoms with Crippen LogP contribution in [0.25, 0.3) is 0 Å². The number of hydrogen-bond acceptors (Lipinski definition) is 4. The van der Waals surface area contributed by atoms with Crippen LogP contribution in [-0.2, 0) is 6.54 Å². The molecule has 1 aromatic rings. The molecule has 19 heavy (non-hydrogen) atoms. The molecule has 1 N–H and O–H groups in total. The van der Waals surface area contributed by atoms with E-state index in [-0.39, 0.29) is 12.5 Å². The van der Waals surface area contributed by atoms with Gasteiger partial charge in [0.05, 0.1) is 24.1 Å². The van der Waals surface area contributed by atoms with Gasteiger partial charge in [0.25, 0.3) is 6.43 Å². The monoisotopic (exact) mass is 272 g/mol. The van der Waals surface area contributed by atoms with Crippen LogP contribution in [0.3, 0.4) is 0 Å². The predicted molar refractivity (Wildman–Crippen MR) is 72.8 cm³/mol. The highest BCUT2D eigenvalue weighted by Crippen LogP contribution is 2.20. The van der Waals surface area contributed by atoms with Gasteiger partial charge in [0.1, 0.15) is 5.82 Å². The van der Waals surface area contributed by atoms with Crippen molar-refractivity contribution in [3.05, 3.63) is 17.7 Å². The summed E-state index contributed by atoms with van der Waals surface area (Å²) in [6.07, 6.45) is -0.737. The average molecular weight is 272 g/mol. The normalized spacial score (nSPS) is 11.4. The Labute approximate surface area is 113 Å². The lowest BCUT2D eigenvalue weighted by atomic mass is 10.2. The number of anilines is 1. The summed E-state index contributed by atoms with van der Waals surface area (Å²) in [6.45, 7) is 7.06. The predicted octanol–water partition coefficient (Wildman–Crippen LogP) is 2.41. The molecule has 1 heterocycles. The summed E-state index contributed by atoms with van der Waals surface area (Å²) in [5.74, 6) is 0.955. The highest BCUT2D eigenvalue weighted by Gasteiger charge is 2.15. The molecule has 1 rings (SSSR count). The summed E-state index contributed by atoms with van der Waals surface area (Å²) in [5, 5.41) is 3.17. The Bertz CT molecular complexity index is 396. The fourth-order valence-corrected chi connectivity index (χ4v) is 1.70. The Morgan fingerprint density at radius 1 is 1.37 bits per heavy atom. The highest BCUT2D eigenvalue weighted by atomic mass is 19.3. The van der Waals surface area contributed by atoms with Gasteiger partial charge in [-0.15, -0.1) is 0 Å². The van der Waals surface area contributed by atoms with E-state index < -0.39 is 6.43 Å². The van der Waals surface area contributed by atoms with Gasteiger partial charge in [-0.2, -0.15) is 0 Å². The summed E-state index contributed by atoms with van der Waals surface area (Å²) in [5.41, 5.74) is 1.43. The van der Waals surface area contributed by atoms with Crippen molar-refractivity contribution in [3.8, 4) is 0 Å². The minimum absolute atomic E-state index is 0.217. The van der Waals surface area contributed by atoms with Crippen LogP contribution in [0, 0.1) is 0 Å². The van der Waals surface area contributed by atoms with Crippen LogP contribution in [0.5, 0.6) is 0 Å². The van der Waals surface area contributed by atoms with E-state index in [9.17, 15) is 8.78 Å². The van der Waals surface area contributed by atoms with Gasteiger partial charge in [-0.05, 0) is 6.54 Å². The molecule has 4 nitrogen and oxygen atoms in total. The SMILES string of the molecule is CCNCc1nc(C(C)C)ncc1N(C)CC(F)F. The zero-order chi connectivity index (χ0) is 14.4. The lowest BCUT2D eigenvalue weighted by molar-refractivity contribution is 0.156. The smallest absolute Gasteiger partial charge is 0.255 e. The molecule has 0 radical (unpaired) electrons. The minimum atomic E-state index is -2.37. The molecule has 0 amide bonds. The van der Waals surface area contributed by atoms with Crippen molar-refractivity contribution in [1.29, 1.82) is 0 Å². The molecular formula is C13H22F2N4. The molecule has 0 atom stereocenters. The van der Waals surface area contributed by atoms with E-state index in [1.807, 2.05) is 20.8 Å². The number of aromatic nitrogens is 2. The Kier molecular flexibility index (Phi) is 6.08. The fraction of sp³-hybridized carbons (Fsp3) is 0.692. The van der Waals surface area contributed by atoms with Crippen LogP contribution >= 0.6 is 0 Å². The second kappa shape index (κ2) is 7.33. The van der Waals surface area contributed by atoms with Gasteiger partial charge >= 0.3 is 0 Å². The Morgan fingerprint density at radius 2 is 2.05 bits per heavy atom. The maximum atomic E-state index is 12.5. The maximum Gasteiger partial charge on any atom is 0.255 e. The molecule has 6 heteroatoms. The molecule has 0 fully saturated rings. The molecule has 0 aromatic carbocycles. The zero-order valence-electron chi connectivity index (χ0n) is 12.0. The van der Waals surface area contributed by atoms with E-state index in [4.69, 9.17) is 0 Å². The Hall–Kier alpha value is -1.30. The van der Waals surface area contributed by atoms with Crippen molar-refractivity contribution < 1.29 is 8.78 Å². The van der Waals surface area contributed by atoms with Crippen LogP contribution in [0.15, 0.2) is 6.20 Å². The van der Waals surface area contributed by atoms with Crippen LogP contribution in [0.2, 0.25) is 0 Å². The molecule has 0 spiro atoms. The zero-order valence-corrected chi connectivity index (χ0v) is 12.0. The lowest BCUT2D eigenvalue weighted by Gasteiger charge is -2.22. The quantitative estimate of drug-likeness (QED) is 0.827. The maximum absolute atomic E-state index is 12.5. The topological polar surface area (TPSA) is 41.1 Å². The molecule has 0 unspecified atom stereocenters. The number of rotatable bonds is 7. The van der Waals surface area contributed by atoms with Gasteiger partial charge in [-0.3, -0.25) is 0 Å². The second-order valence-electron chi connectivity index (χ2n) is 4.77. The summed E-state index contributed by atoms with van der Waals surface area (Å²) in [7, 11) is 1.63. The van der Waals surface area contributed by atoms with Crippen LogP contribution < -0.4 is 10.2 Å². The summed E-state index contributed by atoms with van der Waals surface area (Å²) >= 11 is 0. The number of nitrogens with zero attached hydrogens (tertiary/aromatic N) is 3. The number of halogens is 2. The number of nitrogens with one attached hydrogen (secondary N) is 1. The molecule has 0 saturated heterocycles. The molecular weight excluding hydrogens is 250 g/mol. The molecule has 0 bridgehead atoms. The van der Waals surface area contributed by atoms with Gasteiger partial charge in [-0.1, -0.05) is 20.8 Å². The van der Waals surface area contributed by atoms with Crippen molar-refractivity contribution in [2.45, 2.75) is 39.7 Å². The van der Waals surface area contributed by atoms with E-state index in [1.165, 1.54) is 4.90 Å². The van der Waals surface area contributed by atoms with Crippen molar-refractivity contribution in [3.63, 3.8) is 0 Å². The van der Waals surface area contributed by atoms with Crippen molar-refractivity contribution >= 4 is 5.69 Å². The third-order valence-electron chi connectivity index (χ3n) is 2.75. The summed E-state index contributed by atoms with van der Waals surface area (Å²) in [6, 6.07) is 0. The van der Waals surface area contributed by atoms with Crippen molar-refractivity contribution in [2.75, 3.05) is 25.0 Å². The fourth-order valence-electron chi connectivity index (χ4n) is 1.70. The average Bonchev–Trinajstić information content (AvgIpc) is 2.34. The first-order chi connectivity index (χ1) is 8.95. The van der Waals surface area contributed by atoms with Gasteiger partial charge < -0.3 is 10.2 Å². The highest BCUT2D eigenvalue weighted by molar-refractivity contribution is 5.48. The molecule has 0 aliphatic heterocycles. The summed E-state index contributed by atoms with van der Waals surface area (Å²) < 4.78 is 24.9. The van der Waals surface area contributed by atoms with E-state index in [0.29, 0.717) is 12.2 Å². The molecule has 0 saturated carbocycles. The van der Waals surface area contributed by atoms with Gasteiger partial charge in [-0.25, -0.2) is 18.7 Å². The van der Waals surface area contributed by atoms with Crippen LogP contribution in [0.4, 0.5) is 14.5 Å². The van der Waals surface area contributed by atoms with E-state index in [1.54, 1.807) is 13.2 Å². The number of hydrogen-bond donors (Lipinski definition) is 1. The summed E-state index contributed by atoms with van der Waals surface area (Å²) in [4.78, 5) is 10.2. The number of alkyl halides is 2. The molecule has 108 valence electrons. The second-order valence-corrected chi connectivity index (χ2v) is 4.77. The first-order valence-corrected chi connectivity index (χ1v) is 6.51. The largest absolute Gasteiger partial charge is 0.366 e. The van der Waals surface area contributed by atoms with Crippen LogP contribution in [0.1, 0.15) is 38.2 Å². The minimum Gasteiger partial charge on any atom is -0.366 e. The van der Waals surface area contributed by atoms with Gasteiger partial charge in [0, 0.05) is 19.5 Å².